The van der Waals surface area contributed by atoms with Crippen LogP contribution in [0.4, 0.5) is 11.4 Å². The van der Waals surface area contributed by atoms with Gasteiger partial charge in [-0.05, 0) is 37.3 Å². The molecule has 4 nitrogen and oxygen atoms in total. The molecule has 1 aliphatic rings. The molecule has 0 amide bonds. The van der Waals surface area contributed by atoms with Crippen molar-refractivity contribution in [2.24, 2.45) is 0 Å². The molecule has 98 valence electrons. The van der Waals surface area contributed by atoms with Crippen molar-refractivity contribution in [2.75, 3.05) is 29.2 Å². The van der Waals surface area contributed by atoms with Crippen molar-refractivity contribution < 1.29 is 9.53 Å². The lowest BCUT2D eigenvalue weighted by Gasteiger charge is -2.15. The van der Waals surface area contributed by atoms with E-state index in [4.69, 9.17) is 10.5 Å². The van der Waals surface area contributed by atoms with Gasteiger partial charge < -0.3 is 15.8 Å². The number of anilines is 2. The Morgan fingerprint density at radius 3 is 3.06 bits per heavy atom. The van der Waals surface area contributed by atoms with Crippen LogP contribution in [0.15, 0.2) is 18.2 Å². The molecule has 0 bridgehead atoms. The van der Waals surface area contributed by atoms with Gasteiger partial charge in [0.15, 0.2) is 0 Å². The van der Waals surface area contributed by atoms with Crippen molar-refractivity contribution in [1.82, 2.24) is 0 Å². The van der Waals surface area contributed by atoms with E-state index in [0.717, 1.165) is 17.9 Å². The van der Waals surface area contributed by atoms with Gasteiger partial charge in [-0.25, -0.2) is 4.79 Å². The molecule has 5 heteroatoms. The van der Waals surface area contributed by atoms with Crippen LogP contribution in [0.3, 0.4) is 0 Å². The van der Waals surface area contributed by atoms with Gasteiger partial charge in [-0.1, -0.05) is 0 Å². The molecule has 0 saturated carbocycles. The van der Waals surface area contributed by atoms with Crippen LogP contribution >= 0.6 is 11.8 Å². The topological polar surface area (TPSA) is 64.3 Å². The number of rotatable bonds is 4. The summed E-state index contributed by atoms with van der Waals surface area (Å²) in [5, 5.41) is 3.41. The van der Waals surface area contributed by atoms with Crippen molar-refractivity contribution in [1.29, 1.82) is 0 Å². The molecule has 0 radical (unpaired) electrons. The number of hydrogen-bond donors (Lipinski definition) is 2. The molecule has 1 saturated heterocycles. The van der Waals surface area contributed by atoms with Crippen LogP contribution < -0.4 is 11.1 Å². The Labute approximate surface area is 111 Å². The van der Waals surface area contributed by atoms with E-state index in [1.807, 2.05) is 17.8 Å². The van der Waals surface area contributed by atoms with Crippen LogP contribution in [0.25, 0.3) is 0 Å². The third-order valence-electron chi connectivity index (χ3n) is 2.85. The van der Waals surface area contributed by atoms with E-state index in [0.29, 0.717) is 23.9 Å². The predicted molar refractivity (Wildman–Crippen MR) is 76.2 cm³/mol. The standard InChI is InChI=1S/C13H18N2O2S/c1-2-17-13(16)9-3-4-12(11(14)7-9)15-10-5-6-18-8-10/h3-4,7,10,15H,2,5-6,8,14H2,1H3. The van der Waals surface area contributed by atoms with Crippen molar-refractivity contribution in [3.8, 4) is 0 Å². The van der Waals surface area contributed by atoms with Crippen molar-refractivity contribution in [2.45, 2.75) is 19.4 Å². The zero-order chi connectivity index (χ0) is 13.0. The fourth-order valence-electron chi connectivity index (χ4n) is 1.90. The smallest absolute Gasteiger partial charge is 0.338 e. The molecule has 1 unspecified atom stereocenters. The summed E-state index contributed by atoms with van der Waals surface area (Å²) in [5.74, 6) is 1.98. The normalized spacial score (nSPS) is 18.6. The zero-order valence-corrected chi connectivity index (χ0v) is 11.3. The molecular weight excluding hydrogens is 248 g/mol. The molecule has 0 aliphatic carbocycles. The highest BCUT2D eigenvalue weighted by Crippen LogP contribution is 2.25. The zero-order valence-electron chi connectivity index (χ0n) is 10.4. The van der Waals surface area contributed by atoms with Crippen LogP contribution in [0.1, 0.15) is 23.7 Å². The van der Waals surface area contributed by atoms with Crippen LogP contribution in [0, 0.1) is 0 Å². The lowest BCUT2D eigenvalue weighted by Crippen LogP contribution is -2.19. The van der Waals surface area contributed by atoms with E-state index < -0.39 is 0 Å². The van der Waals surface area contributed by atoms with E-state index in [-0.39, 0.29) is 5.97 Å². The molecule has 1 aromatic rings. The Bertz CT molecular complexity index is 431. The summed E-state index contributed by atoms with van der Waals surface area (Å²) in [6.07, 6.45) is 1.16. The van der Waals surface area contributed by atoms with Gasteiger partial charge in [0.2, 0.25) is 0 Å². The fourth-order valence-corrected chi connectivity index (χ4v) is 3.06. The van der Waals surface area contributed by atoms with Gasteiger partial charge in [0.1, 0.15) is 0 Å². The van der Waals surface area contributed by atoms with Crippen molar-refractivity contribution >= 4 is 29.1 Å². The first-order chi connectivity index (χ1) is 8.70. The lowest BCUT2D eigenvalue weighted by atomic mass is 10.1. The first-order valence-corrected chi connectivity index (χ1v) is 7.27. The monoisotopic (exact) mass is 266 g/mol. The van der Waals surface area contributed by atoms with Crippen LogP contribution in [0.2, 0.25) is 0 Å². The quantitative estimate of drug-likeness (QED) is 0.647. The molecule has 0 spiro atoms. The van der Waals surface area contributed by atoms with Crippen LogP contribution in [-0.4, -0.2) is 30.1 Å². The maximum atomic E-state index is 11.6. The van der Waals surface area contributed by atoms with Crippen LogP contribution in [0.5, 0.6) is 0 Å². The summed E-state index contributed by atoms with van der Waals surface area (Å²) < 4.78 is 4.94. The molecule has 1 heterocycles. The number of benzene rings is 1. The summed E-state index contributed by atoms with van der Waals surface area (Å²) >= 11 is 1.94. The van der Waals surface area contributed by atoms with Crippen LogP contribution in [-0.2, 0) is 4.74 Å². The Morgan fingerprint density at radius 1 is 1.61 bits per heavy atom. The molecular formula is C13H18N2O2S. The highest BCUT2D eigenvalue weighted by atomic mass is 32.2. The number of nitrogens with two attached hydrogens (primary N) is 1. The number of carbonyl (C=O) groups excluding carboxylic acids is 1. The first-order valence-electron chi connectivity index (χ1n) is 6.11. The SMILES string of the molecule is CCOC(=O)c1ccc(NC2CCSC2)c(N)c1. The van der Waals surface area contributed by atoms with Gasteiger partial charge >= 0.3 is 5.97 Å². The average Bonchev–Trinajstić information content (AvgIpc) is 2.85. The number of carbonyl (C=O) groups is 1. The molecule has 1 aliphatic heterocycles. The van der Waals surface area contributed by atoms with Gasteiger partial charge in [-0.3, -0.25) is 0 Å². The second-order valence-corrected chi connectivity index (χ2v) is 5.38. The third-order valence-corrected chi connectivity index (χ3v) is 4.01. The van der Waals surface area contributed by atoms with E-state index in [1.165, 1.54) is 5.75 Å². The van der Waals surface area contributed by atoms with Gasteiger partial charge in [-0.15, -0.1) is 0 Å². The Balaban J connectivity index is 2.06. The van der Waals surface area contributed by atoms with E-state index in [1.54, 1.807) is 19.1 Å². The van der Waals surface area contributed by atoms with Gasteiger partial charge in [0.25, 0.3) is 0 Å². The summed E-state index contributed by atoms with van der Waals surface area (Å²) in [4.78, 5) is 11.6. The third kappa shape index (κ3) is 3.10. The lowest BCUT2D eigenvalue weighted by molar-refractivity contribution is 0.0526. The molecule has 1 fully saturated rings. The Morgan fingerprint density at radius 2 is 2.44 bits per heavy atom. The largest absolute Gasteiger partial charge is 0.462 e. The maximum absolute atomic E-state index is 11.6. The number of thioether (sulfide) groups is 1. The van der Waals surface area contributed by atoms with Crippen molar-refractivity contribution in [3.05, 3.63) is 23.8 Å². The summed E-state index contributed by atoms with van der Waals surface area (Å²) in [6.45, 7) is 2.16. The summed E-state index contributed by atoms with van der Waals surface area (Å²) in [6, 6.07) is 5.75. The summed E-state index contributed by atoms with van der Waals surface area (Å²) in [7, 11) is 0. The predicted octanol–water partition coefficient (Wildman–Crippen LogP) is 2.36. The molecule has 0 aromatic heterocycles. The number of esters is 1. The highest BCUT2D eigenvalue weighted by Gasteiger charge is 2.16. The minimum absolute atomic E-state index is 0.327. The second-order valence-electron chi connectivity index (χ2n) is 4.23. The van der Waals surface area contributed by atoms with Gasteiger partial charge in [0, 0.05) is 11.8 Å². The van der Waals surface area contributed by atoms with Crippen molar-refractivity contribution in [3.63, 3.8) is 0 Å². The number of hydrogen-bond acceptors (Lipinski definition) is 5. The van der Waals surface area contributed by atoms with E-state index in [2.05, 4.69) is 5.32 Å². The first kappa shape index (κ1) is 13.1. The second kappa shape index (κ2) is 6.00. The fraction of sp³-hybridized carbons (Fsp3) is 0.462. The molecule has 1 atom stereocenters. The number of nitrogen functional groups attached to an aromatic ring is 1. The maximum Gasteiger partial charge on any atom is 0.338 e. The molecule has 18 heavy (non-hydrogen) atoms. The minimum Gasteiger partial charge on any atom is -0.462 e. The highest BCUT2D eigenvalue weighted by molar-refractivity contribution is 7.99. The average molecular weight is 266 g/mol. The number of nitrogens with one attached hydrogen (secondary N) is 1. The Kier molecular flexibility index (Phi) is 4.36. The summed E-state index contributed by atoms with van der Waals surface area (Å²) in [5.41, 5.74) is 7.95. The molecule has 3 N–H and O–H groups in total. The van der Waals surface area contributed by atoms with Gasteiger partial charge in [-0.2, -0.15) is 11.8 Å². The van der Waals surface area contributed by atoms with E-state index >= 15 is 0 Å². The minimum atomic E-state index is -0.327. The number of ether oxygens (including phenoxy) is 1. The molecule has 2 rings (SSSR count). The van der Waals surface area contributed by atoms with E-state index in [9.17, 15) is 4.79 Å². The molecule has 1 aromatic carbocycles. The van der Waals surface area contributed by atoms with Gasteiger partial charge in [0.05, 0.1) is 23.5 Å². The Hall–Kier alpha value is -1.36.